The average Bonchev–Trinajstić information content (AvgIpc) is 3.21. The van der Waals surface area contributed by atoms with E-state index >= 15 is 0 Å². The van der Waals surface area contributed by atoms with Crippen LogP contribution in [0.3, 0.4) is 0 Å². The van der Waals surface area contributed by atoms with Gasteiger partial charge in [0, 0.05) is 36.0 Å². The highest BCUT2D eigenvalue weighted by molar-refractivity contribution is 6.06. The molecule has 2 aromatic heterocycles. The summed E-state index contributed by atoms with van der Waals surface area (Å²) in [5.41, 5.74) is 0.747. The van der Waals surface area contributed by atoms with E-state index in [0.717, 1.165) is 0 Å². The Morgan fingerprint density at radius 1 is 0.964 bits per heavy atom. The van der Waals surface area contributed by atoms with E-state index in [0.29, 0.717) is 33.5 Å². The molecule has 3 heterocycles. The number of aryl methyl sites for hydroxylation is 1. The van der Waals surface area contributed by atoms with Crippen molar-refractivity contribution in [3.05, 3.63) is 94.5 Å². The number of carbonyl (C=O) groups excluding carboxylic acids is 1. The number of anilines is 1. The van der Waals surface area contributed by atoms with Crippen molar-refractivity contribution in [3.8, 4) is 5.75 Å². The zero-order valence-electron chi connectivity index (χ0n) is 15.1. The van der Waals surface area contributed by atoms with Crippen molar-refractivity contribution in [3.63, 3.8) is 0 Å². The Kier molecular flexibility index (Phi) is 3.42. The number of fused-ring (bicyclic) bond motifs is 2. The Labute approximate surface area is 160 Å². The van der Waals surface area contributed by atoms with Crippen LogP contribution in [0.5, 0.6) is 5.75 Å². The van der Waals surface area contributed by atoms with Crippen molar-refractivity contribution in [2.45, 2.75) is 5.60 Å². The third kappa shape index (κ3) is 2.15. The van der Waals surface area contributed by atoms with Gasteiger partial charge < -0.3 is 19.6 Å². The molecule has 0 saturated heterocycles. The summed E-state index contributed by atoms with van der Waals surface area (Å²) in [6, 6.07) is 18.5. The predicted molar refractivity (Wildman–Crippen MR) is 106 cm³/mol. The van der Waals surface area contributed by atoms with Crippen molar-refractivity contribution in [1.29, 1.82) is 0 Å². The van der Waals surface area contributed by atoms with E-state index in [4.69, 9.17) is 4.74 Å². The lowest BCUT2D eigenvalue weighted by molar-refractivity contribution is -0.129. The number of hydrogen-bond donors (Lipinski definition) is 2. The van der Waals surface area contributed by atoms with E-state index in [9.17, 15) is 9.59 Å². The first-order chi connectivity index (χ1) is 13.6. The number of rotatable bonds is 2. The molecular weight excluding hydrogens is 354 g/mol. The SMILES string of the molecule is Cn1cc(C2(c3ccccc3)Oc3ccccc3NC2=O)c2cc[nH]c2c1=O. The van der Waals surface area contributed by atoms with Crippen molar-refractivity contribution in [2.75, 3.05) is 5.32 Å². The van der Waals surface area contributed by atoms with Crippen molar-refractivity contribution in [1.82, 2.24) is 9.55 Å². The summed E-state index contributed by atoms with van der Waals surface area (Å²) in [5.74, 6) is 0.266. The van der Waals surface area contributed by atoms with E-state index in [1.54, 1.807) is 31.6 Å². The first-order valence-corrected chi connectivity index (χ1v) is 8.93. The summed E-state index contributed by atoms with van der Waals surface area (Å²) < 4.78 is 7.90. The molecule has 0 spiro atoms. The molecule has 0 saturated carbocycles. The zero-order chi connectivity index (χ0) is 19.3. The molecule has 6 heteroatoms. The van der Waals surface area contributed by atoms with Gasteiger partial charge in [-0.1, -0.05) is 42.5 Å². The normalized spacial score (nSPS) is 18.4. The molecule has 0 fully saturated rings. The maximum Gasteiger partial charge on any atom is 0.278 e. The number of nitrogens with one attached hydrogen (secondary N) is 2. The van der Waals surface area contributed by atoms with Crippen molar-refractivity contribution in [2.24, 2.45) is 7.05 Å². The first kappa shape index (κ1) is 16.4. The van der Waals surface area contributed by atoms with Crippen LogP contribution in [0, 0.1) is 0 Å². The number of ether oxygens (including phenoxy) is 1. The molecule has 0 bridgehead atoms. The molecule has 1 aliphatic rings. The van der Waals surface area contributed by atoms with Gasteiger partial charge in [-0.05, 0) is 18.2 Å². The van der Waals surface area contributed by atoms with Crippen LogP contribution in [-0.4, -0.2) is 15.5 Å². The van der Waals surface area contributed by atoms with Crippen LogP contribution in [-0.2, 0) is 17.4 Å². The molecule has 4 aromatic rings. The number of benzene rings is 2. The number of para-hydroxylation sites is 2. The molecule has 6 nitrogen and oxygen atoms in total. The maximum atomic E-state index is 13.5. The predicted octanol–water partition coefficient (Wildman–Crippen LogP) is 3.14. The van der Waals surface area contributed by atoms with Crippen LogP contribution < -0.4 is 15.6 Å². The number of H-pyrrole nitrogens is 1. The molecule has 138 valence electrons. The fraction of sp³-hybridized carbons (Fsp3) is 0.0909. The van der Waals surface area contributed by atoms with Gasteiger partial charge in [0.15, 0.2) is 0 Å². The number of nitrogens with zero attached hydrogens (tertiary/aromatic N) is 1. The Bertz CT molecular complexity index is 1270. The molecule has 1 aliphatic heterocycles. The van der Waals surface area contributed by atoms with E-state index in [-0.39, 0.29) is 11.5 Å². The average molecular weight is 371 g/mol. The quantitative estimate of drug-likeness (QED) is 0.568. The number of carbonyl (C=O) groups is 1. The highest BCUT2D eigenvalue weighted by atomic mass is 16.5. The molecule has 0 radical (unpaired) electrons. The minimum absolute atomic E-state index is 0.163. The maximum absolute atomic E-state index is 13.5. The molecule has 1 amide bonds. The topological polar surface area (TPSA) is 76.1 Å². The highest BCUT2D eigenvalue weighted by Gasteiger charge is 2.49. The molecule has 1 unspecified atom stereocenters. The van der Waals surface area contributed by atoms with E-state index in [2.05, 4.69) is 10.3 Å². The van der Waals surface area contributed by atoms with Crippen LogP contribution in [0.15, 0.2) is 77.9 Å². The molecular formula is C22H17N3O3. The van der Waals surface area contributed by atoms with Gasteiger partial charge in [-0.25, -0.2) is 0 Å². The fourth-order valence-electron chi connectivity index (χ4n) is 3.83. The fourth-order valence-corrected chi connectivity index (χ4v) is 3.83. The molecule has 0 aliphatic carbocycles. The number of pyridine rings is 1. The highest BCUT2D eigenvalue weighted by Crippen LogP contribution is 2.44. The van der Waals surface area contributed by atoms with Gasteiger partial charge >= 0.3 is 0 Å². The second kappa shape index (κ2) is 5.85. The van der Waals surface area contributed by atoms with Gasteiger partial charge in [0.25, 0.3) is 11.5 Å². The monoisotopic (exact) mass is 371 g/mol. The Balaban J connectivity index is 1.88. The summed E-state index contributed by atoms with van der Waals surface area (Å²) in [5, 5.41) is 3.63. The summed E-state index contributed by atoms with van der Waals surface area (Å²) in [6.07, 6.45) is 3.38. The van der Waals surface area contributed by atoms with Crippen LogP contribution in [0.4, 0.5) is 5.69 Å². The molecule has 5 rings (SSSR count). The minimum Gasteiger partial charge on any atom is -0.466 e. The smallest absolute Gasteiger partial charge is 0.278 e. The lowest BCUT2D eigenvalue weighted by Crippen LogP contribution is -2.49. The van der Waals surface area contributed by atoms with E-state index in [1.807, 2.05) is 48.5 Å². The number of aromatic nitrogens is 2. The van der Waals surface area contributed by atoms with Crippen LogP contribution in [0.25, 0.3) is 10.9 Å². The van der Waals surface area contributed by atoms with Gasteiger partial charge in [-0.15, -0.1) is 0 Å². The first-order valence-electron chi connectivity index (χ1n) is 8.93. The Morgan fingerprint density at radius 3 is 2.54 bits per heavy atom. The van der Waals surface area contributed by atoms with Gasteiger partial charge in [-0.3, -0.25) is 9.59 Å². The summed E-state index contributed by atoms with van der Waals surface area (Å²) in [7, 11) is 1.67. The zero-order valence-corrected chi connectivity index (χ0v) is 15.1. The minimum atomic E-state index is -1.43. The standard InChI is InChI=1S/C22H17N3O3/c1-25-13-16(15-11-12-23-19(15)20(25)26)22(14-7-3-2-4-8-14)21(27)24-17-9-5-6-10-18(17)28-22/h2-13,23H,1H3,(H,24,27). The summed E-state index contributed by atoms with van der Waals surface area (Å²) in [6.45, 7) is 0. The third-order valence-electron chi connectivity index (χ3n) is 5.17. The molecule has 2 N–H and O–H groups in total. The van der Waals surface area contributed by atoms with Gasteiger partial charge in [-0.2, -0.15) is 0 Å². The second-order valence-electron chi connectivity index (χ2n) is 6.82. The van der Waals surface area contributed by atoms with Crippen LogP contribution in [0.1, 0.15) is 11.1 Å². The lowest BCUT2D eigenvalue weighted by atomic mass is 9.83. The summed E-state index contributed by atoms with van der Waals surface area (Å²) >= 11 is 0. The largest absolute Gasteiger partial charge is 0.466 e. The summed E-state index contributed by atoms with van der Waals surface area (Å²) in [4.78, 5) is 29.0. The van der Waals surface area contributed by atoms with Crippen molar-refractivity contribution >= 4 is 22.5 Å². The second-order valence-corrected chi connectivity index (χ2v) is 6.82. The lowest BCUT2D eigenvalue weighted by Gasteiger charge is -2.38. The number of hydrogen-bond acceptors (Lipinski definition) is 3. The van der Waals surface area contributed by atoms with E-state index in [1.165, 1.54) is 4.57 Å². The third-order valence-corrected chi connectivity index (χ3v) is 5.17. The Morgan fingerprint density at radius 2 is 1.71 bits per heavy atom. The number of aromatic amines is 1. The van der Waals surface area contributed by atoms with Crippen LogP contribution >= 0.6 is 0 Å². The van der Waals surface area contributed by atoms with Crippen molar-refractivity contribution < 1.29 is 9.53 Å². The number of amides is 1. The van der Waals surface area contributed by atoms with Gasteiger partial charge in [0.1, 0.15) is 11.3 Å². The molecule has 2 aromatic carbocycles. The van der Waals surface area contributed by atoms with Gasteiger partial charge in [0.05, 0.1) is 5.69 Å². The Hall–Kier alpha value is -3.80. The molecule has 28 heavy (non-hydrogen) atoms. The van der Waals surface area contributed by atoms with E-state index < -0.39 is 5.60 Å². The van der Waals surface area contributed by atoms with Crippen LogP contribution in [0.2, 0.25) is 0 Å². The van der Waals surface area contributed by atoms with Gasteiger partial charge in [0.2, 0.25) is 5.60 Å². The molecule has 1 atom stereocenters.